The predicted molar refractivity (Wildman–Crippen MR) is 72.1 cm³/mol. The summed E-state index contributed by atoms with van der Waals surface area (Å²) in [5.41, 5.74) is 3.78. The molecule has 0 unspecified atom stereocenters. The minimum Gasteiger partial charge on any atom is -0.350 e. The summed E-state index contributed by atoms with van der Waals surface area (Å²) in [4.78, 5) is 0. The summed E-state index contributed by atoms with van der Waals surface area (Å²) < 4.78 is 2.17. The van der Waals surface area contributed by atoms with Crippen LogP contribution >= 0.6 is 0 Å². The third kappa shape index (κ3) is 2.02. The first-order valence-electron chi connectivity index (χ1n) is 6.06. The molecular weight excluding hydrogens is 224 g/mol. The zero-order chi connectivity index (χ0) is 12.4. The van der Waals surface area contributed by atoms with Crippen molar-refractivity contribution in [2.45, 2.75) is 13.1 Å². The predicted octanol–water partition coefficient (Wildman–Crippen LogP) is 2.19. The molecule has 0 radical (unpaired) electrons. The van der Waals surface area contributed by atoms with Gasteiger partial charge in [-0.15, -0.1) is 0 Å². The van der Waals surface area contributed by atoms with E-state index >= 15 is 0 Å². The fourth-order valence-electron chi connectivity index (χ4n) is 2.28. The Labute approximate surface area is 106 Å². The molecule has 0 aliphatic rings. The van der Waals surface area contributed by atoms with Crippen molar-refractivity contribution in [1.82, 2.24) is 20.1 Å². The third-order valence-corrected chi connectivity index (χ3v) is 3.18. The van der Waals surface area contributed by atoms with Crippen molar-refractivity contribution >= 4 is 10.9 Å². The Morgan fingerprint density at radius 1 is 1.28 bits per heavy atom. The Bertz CT molecular complexity index is 637. The van der Waals surface area contributed by atoms with Crippen LogP contribution in [0.1, 0.15) is 11.1 Å². The summed E-state index contributed by atoms with van der Waals surface area (Å²) in [5.74, 6) is 0. The maximum absolute atomic E-state index is 3.93. The number of fused-ring (bicyclic) bond motifs is 1. The molecule has 0 saturated carbocycles. The molecule has 0 amide bonds. The highest BCUT2D eigenvalue weighted by Gasteiger charge is 2.05. The van der Waals surface area contributed by atoms with E-state index < -0.39 is 0 Å². The molecule has 0 spiro atoms. The van der Waals surface area contributed by atoms with Gasteiger partial charge < -0.3 is 9.88 Å². The van der Waals surface area contributed by atoms with Crippen LogP contribution in [0, 0.1) is 0 Å². The van der Waals surface area contributed by atoms with E-state index in [4.69, 9.17) is 0 Å². The van der Waals surface area contributed by atoms with Crippen LogP contribution in [0.25, 0.3) is 10.9 Å². The lowest BCUT2D eigenvalue weighted by Crippen LogP contribution is -2.11. The van der Waals surface area contributed by atoms with Crippen LogP contribution < -0.4 is 5.32 Å². The number of rotatable bonds is 4. The first-order valence-corrected chi connectivity index (χ1v) is 6.06. The molecule has 2 N–H and O–H groups in total. The van der Waals surface area contributed by atoms with E-state index in [0.29, 0.717) is 0 Å². The van der Waals surface area contributed by atoms with Crippen molar-refractivity contribution in [3.63, 3.8) is 0 Å². The van der Waals surface area contributed by atoms with Crippen LogP contribution in [0.5, 0.6) is 0 Å². The minimum atomic E-state index is 0.833. The second-order valence-electron chi connectivity index (χ2n) is 4.49. The molecule has 18 heavy (non-hydrogen) atoms. The Morgan fingerprint density at radius 2 is 2.17 bits per heavy atom. The van der Waals surface area contributed by atoms with Gasteiger partial charge in [-0.05, 0) is 11.6 Å². The van der Waals surface area contributed by atoms with Crippen molar-refractivity contribution in [2.75, 3.05) is 0 Å². The normalized spacial score (nSPS) is 11.2. The summed E-state index contributed by atoms with van der Waals surface area (Å²) in [6.07, 6.45) is 5.94. The number of aromatic nitrogens is 3. The van der Waals surface area contributed by atoms with Gasteiger partial charge in [0.1, 0.15) is 0 Å². The number of hydrogen-bond donors (Lipinski definition) is 2. The van der Waals surface area contributed by atoms with Crippen LogP contribution in [-0.2, 0) is 20.1 Å². The average molecular weight is 240 g/mol. The van der Waals surface area contributed by atoms with E-state index in [1.54, 1.807) is 0 Å². The van der Waals surface area contributed by atoms with Crippen LogP contribution in [0.2, 0.25) is 0 Å². The smallest absolute Gasteiger partial charge is 0.0532 e. The summed E-state index contributed by atoms with van der Waals surface area (Å²) in [7, 11) is 2.09. The second-order valence-corrected chi connectivity index (χ2v) is 4.49. The van der Waals surface area contributed by atoms with E-state index in [2.05, 4.69) is 57.6 Å². The number of para-hydroxylation sites is 1. The number of hydrogen-bond acceptors (Lipinski definition) is 2. The lowest BCUT2D eigenvalue weighted by molar-refractivity contribution is 0.694. The lowest BCUT2D eigenvalue weighted by Gasteiger charge is -2.01. The molecule has 1 aromatic carbocycles. The summed E-state index contributed by atoms with van der Waals surface area (Å²) in [6.45, 7) is 1.70. The Balaban J connectivity index is 1.75. The van der Waals surface area contributed by atoms with E-state index in [-0.39, 0.29) is 0 Å². The first-order chi connectivity index (χ1) is 8.84. The fraction of sp³-hybridized carbons (Fsp3) is 0.214. The number of aromatic amines is 1. The zero-order valence-corrected chi connectivity index (χ0v) is 10.4. The summed E-state index contributed by atoms with van der Waals surface area (Å²) in [6, 6.07) is 8.48. The summed E-state index contributed by atoms with van der Waals surface area (Å²) >= 11 is 0. The molecule has 0 aliphatic carbocycles. The number of nitrogens with one attached hydrogen (secondary N) is 2. The van der Waals surface area contributed by atoms with Crippen molar-refractivity contribution in [2.24, 2.45) is 7.05 Å². The molecule has 0 atom stereocenters. The third-order valence-electron chi connectivity index (χ3n) is 3.18. The van der Waals surface area contributed by atoms with Gasteiger partial charge in [0.05, 0.1) is 6.20 Å². The Kier molecular flexibility index (Phi) is 2.86. The molecule has 3 aromatic rings. The van der Waals surface area contributed by atoms with Gasteiger partial charge in [0, 0.05) is 49.0 Å². The topological polar surface area (TPSA) is 45.6 Å². The van der Waals surface area contributed by atoms with Crippen molar-refractivity contribution in [1.29, 1.82) is 0 Å². The molecule has 0 fully saturated rings. The van der Waals surface area contributed by atoms with Crippen molar-refractivity contribution < 1.29 is 0 Å². The quantitative estimate of drug-likeness (QED) is 0.734. The second kappa shape index (κ2) is 4.66. The highest BCUT2D eigenvalue weighted by molar-refractivity contribution is 5.83. The van der Waals surface area contributed by atoms with Gasteiger partial charge in [-0.25, -0.2) is 0 Å². The average Bonchev–Trinajstić information content (AvgIpc) is 3.00. The number of aryl methyl sites for hydroxylation is 1. The van der Waals surface area contributed by atoms with Crippen LogP contribution in [0.4, 0.5) is 0 Å². The van der Waals surface area contributed by atoms with Gasteiger partial charge in [0.15, 0.2) is 0 Å². The zero-order valence-electron chi connectivity index (χ0n) is 10.4. The molecule has 3 rings (SSSR count). The van der Waals surface area contributed by atoms with E-state index in [0.717, 1.165) is 13.1 Å². The Hall–Kier alpha value is -2.07. The largest absolute Gasteiger partial charge is 0.350 e. The van der Waals surface area contributed by atoms with Gasteiger partial charge in [-0.2, -0.15) is 5.10 Å². The van der Waals surface area contributed by atoms with Gasteiger partial charge in [0.25, 0.3) is 0 Å². The van der Waals surface area contributed by atoms with Crippen LogP contribution in [0.3, 0.4) is 0 Å². The monoisotopic (exact) mass is 240 g/mol. The molecule has 2 aromatic heterocycles. The molecule has 0 bridgehead atoms. The van der Waals surface area contributed by atoms with Gasteiger partial charge in [-0.1, -0.05) is 18.2 Å². The van der Waals surface area contributed by atoms with Crippen molar-refractivity contribution in [3.05, 3.63) is 54.0 Å². The van der Waals surface area contributed by atoms with Gasteiger partial charge >= 0.3 is 0 Å². The molecular formula is C14H16N4. The summed E-state index contributed by atoms with van der Waals surface area (Å²) in [5, 5.41) is 11.5. The Morgan fingerprint density at radius 3 is 3.00 bits per heavy atom. The fourth-order valence-corrected chi connectivity index (χ4v) is 2.28. The number of nitrogens with zero attached hydrogens (tertiary/aromatic N) is 2. The molecule has 4 nitrogen and oxygen atoms in total. The highest BCUT2D eigenvalue weighted by atomic mass is 15.1. The number of H-pyrrole nitrogens is 1. The number of benzene rings is 1. The molecule has 0 aliphatic heterocycles. The van der Waals surface area contributed by atoms with E-state index in [1.165, 1.54) is 22.0 Å². The molecule has 92 valence electrons. The standard InChI is InChI=1S/C14H16N4/c1-18-10-12(13-4-2-3-5-14(13)18)9-15-6-11-7-16-17-8-11/h2-5,7-8,10,15H,6,9H2,1H3,(H,16,17). The molecule has 0 saturated heterocycles. The maximum Gasteiger partial charge on any atom is 0.0532 e. The highest BCUT2D eigenvalue weighted by Crippen LogP contribution is 2.19. The van der Waals surface area contributed by atoms with E-state index in [1.807, 2.05) is 12.4 Å². The van der Waals surface area contributed by atoms with Crippen LogP contribution in [-0.4, -0.2) is 14.8 Å². The lowest BCUT2D eigenvalue weighted by atomic mass is 10.2. The van der Waals surface area contributed by atoms with Crippen LogP contribution in [0.15, 0.2) is 42.9 Å². The maximum atomic E-state index is 3.93. The SMILES string of the molecule is Cn1cc(CNCc2cn[nH]c2)c2ccccc21. The van der Waals surface area contributed by atoms with E-state index in [9.17, 15) is 0 Å². The van der Waals surface area contributed by atoms with Gasteiger partial charge in [0.2, 0.25) is 0 Å². The molecule has 2 heterocycles. The molecule has 4 heteroatoms. The van der Waals surface area contributed by atoms with Crippen molar-refractivity contribution in [3.8, 4) is 0 Å². The van der Waals surface area contributed by atoms with Gasteiger partial charge in [-0.3, -0.25) is 5.10 Å². The minimum absolute atomic E-state index is 0.833. The first kappa shape index (κ1) is 11.0.